The molecule has 0 heterocycles. The Balaban J connectivity index is 1.54. The first-order chi connectivity index (χ1) is 19.8. The zero-order valence-corrected chi connectivity index (χ0v) is 25.1. The van der Waals surface area contributed by atoms with Crippen LogP contribution in [0.4, 0.5) is 19.3 Å². The van der Waals surface area contributed by atoms with Crippen LogP contribution in [-0.2, 0) is 0 Å². The normalized spacial score (nSPS) is 10.9. The Labute approximate surface area is 256 Å². The minimum atomic E-state index is -1.23. The fourth-order valence-corrected chi connectivity index (χ4v) is 4.81. The van der Waals surface area contributed by atoms with Gasteiger partial charge in [0.15, 0.2) is 0 Å². The van der Waals surface area contributed by atoms with Crippen molar-refractivity contribution in [1.29, 1.82) is 0 Å². The number of ether oxygens (including phenoxy) is 2. The molecule has 0 spiro atoms. The third-order valence-electron chi connectivity index (χ3n) is 6.25. The summed E-state index contributed by atoms with van der Waals surface area (Å²) in [5, 5.41) is 5.51. The Bertz CT molecular complexity index is 1680. The molecule has 4 rings (SSSR count). The van der Waals surface area contributed by atoms with E-state index in [9.17, 15) is 18.4 Å². The van der Waals surface area contributed by atoms with Crippen LogP contribution in [-0.4, -0.2) is 11.9 Å². The molecule has 0 aliphatic rings. The Morgan fingerprint density at radius 2 is 1.52 bits per heavy atom. The van der Waals surface area contributed by atoms with Gasteiger partial charge in [-0.1, -0.05) is 54.7 Å². The first-order valence-corrected chi connectivity index (χ1v) is 13.8. The molecule has 0 fully saturated rings. The van der Waals surface area contributed by atoms with Crippen molar-refractivity contribution in [3.63, 3.8) is 0 Å². The maximum absolute atomic E-state index is 13.9. The number of halogens is 5. The Hall–Kier alpha value is -3.85. The molecule has 4 aromatic carbocycles. The van der Waals surface area contributed by atoms with Gasteiger partial charge in [0.25, 0.3) is 5.91 Å². The van der Waals surface area contributed by atoms with E-state index in [1.807, 2.05) is 25.2 Å². The van der Waals surface area contributed by atoms with E-state index in [4.69, 9.17) is 44.3 Å². The molecule has 0 atom stereocenters. The molecule has 6 nitrogen and oxygen atoms in total. The number of imide groups is 1. The van der Waals surface area contributed by atoms with Gasteiger partial charge in [0, 0.05) is 16.3 Å². The van der Waals surface area contributed by atoms with Gasteiger partial charge in [-0.2, -0.15) is 0 Å². The summed E-state index contributed by atoms with van der Waals surface area (Å²) >= 11 is 18.9. The molecular formula is C31H25Cl3F2N2O4. The van der Waals surface area contributed by atoms with E-state index in [-0.39, 0.29) is 16.6 Å². The van der Waals surface area contributed by atoms with Crippen LogP contribution in [0.3, 0.4) is 0 Å². The first kappa shape index (κ1) is 31.1. The number of hydrogen-bond donors (Lipinski definition) is 2. The van der Waals surface area contributed by atoms with E-state index < -0.39 is 29.1 Å². The predicted molar refractivity (Wildman–Crippen MR) is 161 cm³/mol. The highest BCUT2D eigenvalue weighted by Crippen LogP contribution is 2.42. The molecule has 0 unspecified atom stereocenters. The molecule has 0 aliphatic carbocycles. The van der Waals surface area contributed by atoms with Gasteiger partial charge in [-0.3, -0.25) is 10.1 Å². The second-order valence-corrected chi connectivity index (χ2v) is 10.9. The third-order valence-corrected chi connectivity index (χ3v) is 7.24. The second-order valence-electron chi connectivity index (χ2n) is 9.65. The van der Waals surface area contributed by atoms with Crippen LogP contribution in [0.1, 0.15) is 46.8 Å². The maximum atomic E-state index is 13.9. The molecule has 0 saturated carbocycles. The molecule has 218 valence electrons. The lowest BCUT2D eigenvalue weighted by Crippen LogP contribution is -2.35. The van der Waals surface area contributed by atoms with E-state index in [1.54, 1.807) is 50.2 Å². The molecule has 0 radical (unpaired) electrons. The minimum Gasteiger partial charge on any atom is -0.456 e. The number of carbonyl (C=O) groups excluding carboxylic acids is 2. The summed E-state index contributed by atoms with van der Waals surface area (Å²) in [6, 6.07) is 13.9. The average Bonchev–Trinajstić information content (AvgIpc) is 2.91. The Morgan fingerprint density at radius 1 is 0.857 bits per heavy atom. The number of aryl methyl sites for hydroxylation is 1. The van der Waals surface area contributed by atoms with Gasteiger partial charge in [-0.25, -0.2) is 13.6 Å². The number of anilines is 1. The van der Waals surface area contributed by atoms with Crippen molar-refractivity contribution in [3.05, 3.63) is 110 Å². The van der Waals surface area contributed by atoms with Crippen LogP contribution in [0, 0.1) is 25.5 Å². The fraction of sp³-hybridized carbons (Fsp3) is 0.161. The standard InChI is InChI=1S/C31H25Cl3F2N2O4/c1-15(2)20-14-19(9-11-25(20)42-26-10-8-18(32)13-21(26)33)41-29-16(3)12-24(17(4)28(29)34)37-31(40)38-30(39)27-22(35)6-5-7-23(27)36/h5-15H,1-4H3,(H2,37,38,39,40). The lowest BCUT2D eigenvalue weighted by Gasteiger charge is -2.19. The van der Waals surface area contributed by atoms with Gasteiger partial charge >= 0.3 is 6.03 Å². The summed E-state index contributed by atoms with van der Waals surface area (Å²) in [6.07, 6.45) is 0. The highest BCUT2D eigenvalue weighted by atomic mass is 35.5. The molecule has 11 heteroatoms. The smallest absolute Gasteiger partial charge is 0.326 e. The molecular weight excluding hydrogens is 609 g/mol. The zero-order chi connectivity index (χ0) is 30.7. The number of benzene rings is 4. The molecule has 4 aromatic rings. The summed E-state index contributed by atoms with van der Waals surface area (Å²) in [7, 11) is 0. The zero-order valence-electron chi connectivity index (χ0n) is 22.9. The molecule has 0 aliphatic heterocycles. The molecule has 42 heavy (non-hydrogen) atoms. The van der Waals surface area contributed by atoms with Crippen molar-refractivity contribution in [3.8, 4) is 23.0 Å². The largest absolute Gasteiger partial charge is 0.456 e. The van der Waals surface area contributed by atoms with Crippen LogP contribution in [0.2, 0.25) is 15.1 Å². The van der Waals surface area contributed by atoms with Crippen molar-refractivity contribution in [2.75, 3.05) is 5.32 Å². The van der Waals surface area contributed by atoms with Crippen LogP contribution < -0.4 is 20.1 Å². The van der Waals surface area contributed by atoms with Gasteiger partial charge in [-0.05, 0) is 85.5 Å². The summed E-state index contributed by atoms with van der Waals surface area (Å²) in [4.78, 5) is 24.8. The van der Waals surface area contributed by atoms with Crippen molar-refractivity contribution in [2.24, 2.45) is 0 Å². The summed E-state index contributed by atoms with van der Waals surface area (Å²) in [6.45, 7) is 7.39. The number of amides is 3. The lowest BCUT2D eigenvalue weighted by molar-refractivity contribution is 0.0959. The van der Waals surface area contributed by atoms with Crippen LogP contribution in [0.5, 0.6) is 23.0 Å². The van der Waals surface area contributed by atoms with Crippen LogP contribution in [0.15, 0.2) is 60.7 Å². The highest BCUT2D eigenvalue weighted by Gasteiger charge is 2.21. The minimum absolute atomic E-state index is 0.0681. The van der Waals surface area contributed by atoms with Crippen molar-refractivity contribution in [2.45, 2.75) is 33.6 Å². The number of carbonyl (C=O) groups is 2. The van der Waals surface area contributed by atoms with E-state index in [2.05, 4.69) is 5.32 Å². The topological polar surface area (TPSA) is 76.7 Å². The van der Waals surface area contributed by atoms with Gasteiger partial charge in [-0.15, -0.1) is 0 Å². The molecule has 0 saturated heterocycles. The first-order valence-electron chi connectivity index (χ1n) is 12.7. The van der Waals surface area contributed by atoms with Crippen LogP contribution in [0.25, 0.3) is 0 Å². The van der Waals surface area contributed by atoms with Gasteiger partial charge in [0.2, 0.25) is 0 Å². The fourth-order valence-electron chi connectivity index (χ4n) is 4.07. The number of hydrogen-bond acceptors (Lipinski definition) is 4. The van der Waals surface area contributed by atoms with E-state index >= 15 is 0 Å². The average molecular weight is 634 g/mol. The van der Waals surface area contributed by atoms with E-state index in [0.717, 1.165) is 23.8 Å². The van der Waals surface area contributed by atoms with Crippen LogP contribution >= 0.6 is 34.8 Å². The maximum Gasteiger partial charge on any atom is 0.326 e. The van der Waals surface area contributed by atoms with E-state index in [0.29, 0.717) is 44.2 Å². The molecule has 0 aromatic heterocycles. The van der Waals surface area contributed by atoms with Crippen molar-refractivity contribution >= 4 is 52.4 Å². The monoisotopic (exact) mass is 632 g/mol. The lowest BCUT2D eigenvalue weighted by atomic mass is 10.0. The van der Waals surface area contributed by atoms with Crippen molar-refractivity contribution < 1.29 is 27.8 Å². The molecule has 3 amide bonds. The Morgan fingerprint density at radius 3 is 2.17 bits per heavy atom. The number of nitrogens with one attached hydrogen (secondary N) is 2. The number of rotatable bonds is 7. The summed E-state index contributed by atoms with van der Waals surface area (Å²) in [5.74, 6) is -1.44. The van der Waals surface area contributed by atoms with Gasteiger partial charge < -0.3 is 14.8 Å². The Kier molecular flexibility index (Phi) is 9.61. The summed E-state index contributed by atoms with van der Waals surface area (Å²) < 4.78 is 40.1. The molecule has 0 bridgehead atoms. The quantitative estimate of drug-likeness (QED) is 0.212. The summed E-state index contributed by atoms with van der Waals surface area (Å²) in [5.41, 5.74) is 1.28. The SMILES string of the molecule is Cc1cc(NC(=O)NC(=O)c2c(F)cccc2F)c(C)c(Cl)c1Oc1ccc(Oc2ccc(Cl)cc2Cl)c(C(C)C)c1. The van der Waals surface area contributed by atoms with Gasteiger partial charge in [0.1, 0.15) is 40.2 Å². The van der Waals surface area contributed by atoms with Gasteiger partial charge in [0.05, 0.1) is 10.0 Å². The predicted octanol–water partition coefficient (Wildman–Crippen LogP) is 10.2. The molecule has 2 N–H and O–H groups in total. The third kappa shape index (κ3) is 6.95. The van der Waals surface area contributed by atoms with Crippen molar-refractivity contribution in [1.82, 2.24) is 5.32 Å². The number of urea groups is 1. The second kappa shape index (κ2) is 13.0. The highest BCUT2D eigenvalue weighted by molar-refractivity contribution is 6.35. The van der Waals surface area contributed by atoms with E-state index in [1.165, 1.54) is 0 Å².